The third kappa shape index (κ3) is 4.36. The van der Waals surface area contributed by atoms with Crippen LogP contribution in [0.2, 0.25) is 5.02 Å². The van der Waals surface area contributed by atoms with E-state index >= 15 is 0 Å². The lowest BCUT2D eigenvalue weighted by Gasteiger charge is -2.19. The number of methoxy groups -OCH3 is 1. The number of carbonyl (C=O) groups is 1. The van der Waals surface area contributed by atoms with Gasteiger partial charge in [0.1, 0.15) is 18.1 Å². The Morgan fingerprint density at radius 3 is 2.92 bits per heavy atom. The lowest BCUT2D eigenvalue weighted by molar-refractivity contribution is -0.131. The molecule has 0 unspecified atom stereocenters. The average Bonchev–Trinajstić information content (AvgIpc) is 2.88. The maximum absolute atomic E-state index is 12.6. The van der Waals surface area contributed by atoms with Crippen LogP contribution in [0.25, 0.3) is 0 Å². The third-order valence-corrected chi connectivity index (χ3v) is 4.23. The lowest BCUT2D eigenvalue weighted by atomic mass is 10.2. The molecule has 1 aromatic carbocycles. The Hall–Kier alpha value is -1.86. The summed E-state index contributed by atoms with van der Waals surface area (Å²) in [5.41, 5.74) is 0.852. The number of aromatic nitrogens is 3. The fourth-order valence-corrected chi connectivity index (χ4v) is 2.81. The molecule has 0 bridgehead atoms. The maximum Gasteiger partial charge on any atom is 0.242 e. The molecule has 0 fully saturated rings. The molecule has 0 spiro atoms. The zero-order chi connectivity index (χ0) is 17.7. The van der Waals surface area contributed by atoms with Crippen molar-refractivity contribution in [1.29, 1.82) is 0 Å². The first-order valence-electron chi connectivity index (χ1n) is 7.66. The number of nitrogens with zero attached hydrogens (tertiary/aromatic N) is 3. The number of halogens is 1. The van der Waals surface area contributed by atoms with Crippen LogP contribution in [0.3, 0.4) is 0 Å². The number of benzene rings is 1. The quantitative estimate of drug-likeness (QED) is 0.762. The Kier molecular flexibility index (Phi) is 6.39. The van der Waals surface area contributed by atoms with Gasteiger partial charge in [0.2, 0.25) is 5.91 Å². The number of ether oxygens (including phenoxy) is 1. The second kappa shape index (κ2) is 8.30. The van der Waals surface area contributed by atoms with Crippen molar-refractivity contribution < 1.29 is 9.53 Å². The number of aromatic amines is 1. The van der Waals surface area contributed by atoms with Gasteiger partial charge in [-0.25, -0.2) is 0 Å². The summed E-state index contributed by atoms with van der Waals surface area (Å²) >= 11 is 11.3. The van der Waals surface area contributed by atoms with Crippen molar-refractivity contribution in [2.45, 2.75) is 32.9 Å². The molecule has 2 rings (SSSR count). The van der Waals surface area contributed by atoms with Crippen molar-refractivity contribution in [2.24, 2.45) is 0 Å². The molecule has 1 amide bonds. The van der Waals surface area contributed by atoms with E-state index in [1.54, 1.807) is 41.8 Å². The van der Waals surface area contributed by atoms with E-state index in [2.05, 4.69) is 17.1 Å². The predicted molar refractivity (Wildman–Crippen MR) is 95.9 cm³/mol. The Morgan fingerprint density at radius 1 is 1.50 bits per heavy atom. The number of hydrogen-bond acceptors (Lipinski definition) is 4. The van der Waals surface area contributed by atoms with Crippen LogP contribution in [-0.2, 0) is 24.3 Å². The molecule has 1 heterocycles. The highest BCUT2D eigenvalue weighted by atomic mass is 35.5. The van der Waals surface area contributed by atoms with E-state index in [-0.39, 0.29) is 12.5 Å². The van der Waals surface area contributed by atoms with Gasteiger partial charge in [-0.15, -0.1) is 0 Å². The van der Waals surface area contributed by atoms with Gasteiger partial charge in [-0.1, -0.05) is 18.5 Å². The monoisotopic (exact) mass is 368 g/mol. The molecule has 8 heteroatoms. The normalized spacial score (nSPS) is 10.7. The largest absolute Gasteiger partial charge is 0.496 e. The zero-order valence-electron chi connectivity index (χ0n) is 14.0. The van der Waals surface area contributed by atoms with E-state index < -0.39 is 0 Å². The predicted octanol–water partition coefficient (Wildman–Crippen LogP) is 3.21. The Morgan fingerprint density at radius 2 is 2.25 bits per heavy atom. The van der Waals surface area contributed by atoms with Gasteiger partial charge in [0, 0.05) is 30.6 Å². The minimum Gasteiger partial charge on any atom is -0.496 e. The molecule has 0 saturated heterocycles. The van der Waals surface area contributed by atoms with Gasteiger partial charge in [0.25, 0.3) is 0 Å². The average molecular weight is 369 g/mol. The molecule has 1 N–H and O–H groups in total. The van der Waals surface area contributed by atoms with Gasteiger partial charge in [-0.3, -0.25) is 14.5 Å². The van der Waals surface area contributed by atoms with E-state index in [4.69, 9.17) is 28.6 Å². The summed E-state index contributed by atoms with van der Waals surface area (Å²) < 4.78 is 7.53. The molecular weight excluding hydrogens is 348 g/mol. The van der Waals surface area contributed by atoms with Gasteiger partial charge < -0.3 is 9.64 Å². The molecule has 0 aliphatic carbocycles. The van der Waals surface area contributed by atoms with Crippen LogP contribution >= 0.6 is 23.8 Å². The lowest BCUT2D eigenvalue weighted by Crippen LogP contribution is -2.30. The van der Waals surface area contributed by atoms with E-state index in [1.165, 1.54) is 0 Å². The molecule has 1 aromatic heterocycles. The van der Waals surface area contributed by atoms with Crippen LogP contribution in [-0.4, -0.2) is 39.7 Å². The fraction of sp³-hybridized carbons (Fsp3) is 0.438. The fourth-order valence-electron chi connectivity index (χ4n) is 2.40. The molecule has 6 nitrogen and oxygen atoms in total. The van der Waals surface area contributed by atoms with E-state index in [9.17, 15) is 4.79 Å². The minimum absolute atomic E-state index is 0.0631. The number of rotatable bonds is 7. The van der Waals surface area contributed by atoms with Crippen LogP contribution in [0.15, 0.2) is 18.2 Å². The number of amides is 1. The molecule has 0 saturated carbocycles. The smallest absolute Gasteiger partial charge is 0.242 e. The first kappa shape index (κ1) is 18.5. The van der Waals surface area contributed by atoms with Crippen LogP contribution < -0.4 is 4.74 Å². The summed E-state index contributed by atoms with van der Waals surface area (Å²) in [6, 6.07) is 5.35. The van der Waals surface area contributed by atoms with Gasteiger partial charge in [0.05, 0.1) is 7.11 Å². The van der Waals surface area contributed by atoms with Gasteiger partial charge in [0.15, 0.2) is 4.77 Å². The molecule has 130 valence electrons. The van der Waals surface area contributed by atoms with Crippen molar-refractivity contribution in [3.05, 3.63) is 39.4 Å². The number of carbonyl (C=O) groups excluding carboxylic acids is 1. The van der Waals surface area contributed by atoms with Crippen molar-refractivity contribution in [1.82, 2.24) is 19.7 Å². The molecule has 0 atom stereocenters. The third-order valence-electron chi connectivity index (χ3n) is 3.68. The molecule has 0 aliphatic heterocycles. The number of hydrogen-bond donors (Lipinski definition) is 1. The molecule has 2 aromatic rings. The first-order valence-corrected chi connectivity index (χ1v) is 8.45. The van der Waals surface area contributed by atoms with E-state index in [1.807, 2.05) is 0 Å². The summed E-state index contributed by atoms with van der Waals surface area (Å²) in [6.45, 7) is 2.61. The van der Waals surface area contributed by atoms with Gasteiger partial charge in [-0.05, 0) is 36.8 Å². The van der Waals surface area contributed by atoms with Crippen LogP contribution in [0.4, 0.5) is 0 Å². The van der Waals surface area contributed by atoms with E-state index in [0.29, 0.717) is 22.1 Å². The SMILES string of the molecule is CCCc1n[nH]c(=S)n1CC(=O)N(C)Cc1cc(Cl)ccc1OC. The minimum atomic E-state index is -0.0631. The maximum atomic E-state index is 12.6. The number of likely N-dealkylation sites (N-methyl/N-ethyl adjacent to an activating group) is 1. The van der Waals surface area contributed by atoms with Crippen molar-refractivity contribution >= 4 is 29.7 Å². The Bertz CT molecular complexity index is 772. The Labute approximate surface area is 151 Å². The second-order valence-corrected chi connectivity index (χ2v) is 6.31. The highest BCUT2D eigenvalue weighted by molar-refractivity contribution is 7.71. The summed E-state index contributed by atoms with van der Waals surface area (Å²) in [5, 5.41) is 7.53. The van der Waals surface area contributed by atoms with Crippen LogP contribution in [0.5, 0.6) is 5.75 Å². The van der Waals surface area contributed by atoms with Gasteiger partial charge in [-0.2, -0.15) is 5.10 Å². The topological polar surface area (TPSA) is 63.2 Å². The highest BCUT2D eigenvalue weighted by Crippen LogP contribution is 2.23. The molecule has 24 heavy (non-hydrogen) atoms. The van der Waals surface area contributed by atoms with Crippen molar-refractivity contribution in [2.75, 3.05) is 14.2 Å². The number of H-pyrrole nitrogens is 1. The highest BCUT2D eigenvalue weighted by Gasteiger charge is 2.15. The summed E-state index contributed by atoms with van der Waals surface area (Å²) in [5.74, 6) is 1.43. The number of aryl methyl sites for hydroxylation is 1. The molecular formula is C16H21ClN4O2S. The van der Waals surface area contributed by atoms with Crippen molar-refractivity contribution in [3.63, 3.8) is 0 Å². The summed E-state index contributed by atoms with van der Waals surface area (Å²) in [4.78, 5) is 14.2. The molecule has 0 aliphatic rings. The van der Waals surface area contributed by atoms with Crippen molar-refractivity contribution in [3.8, 4) is 5.75 Å². The van der Waals surface area contributed by atoms with E-state index in [0.717, 1.165) is 24.2 Å². The first-order chi connectivity index (χ1) is 11.5. The van der Waals surface area contributed by atoms with Crippen LogP contribution in [0.1, 0.15) is 24.7 Å². The summed E-state index contributed by atoms with van der Waals surface area (Å²) in [6.07, 6.45) is 1.70. The Balaban J connectivity index is 2.12. The molecule has 0 radical (unpaired) electrons. The summed E-state index contributed by atoms with van der Waals surface area (Å²) in [7, 11) is 3.34. The van der Waals surface area contributed by atoms with Gasteiger partial charge >= 0.3 is 0 Å². The second-order valence-electron chi connectivity index (χ2n) is 5.49. The zero-order valence-corrected chi connectivity index (χ0v) is 15.6. The standard InChI is InChI=1S/C16H21ClN4O2S/c1-4-5-14-18-19-16(24)21(14)10-15(22)20(2)9-11-8-12(17)6-7-13(11)23-3/h6-8H,4-5,9-10H2,1-3H3,(H,19,24). The van der Waals surface area contributed by atoms with Crippen LogP contribution in [0, 0.1) is 4.77 Å². The number of nitrogens with one attached hydrogen (secondary N) is 1.